The Kier molecular flexibility index (Phi) is 3.57. The lowest BCUT2D eigenvalue weighted by molar-refractivity contribution is 0.406. The average Bonchev–Trinajstić information content (AvgIpc) is 3.54. The predicted octanol–water partition coefficient (Wildman–Crippen LogP) is 4.17. The molecule has 0 spiro atoms. The van der Waals surface area contributed by atoms with Gasteiger partial charge in [0.1, 0.15) is 23.4 Å². The lowest BCUT2D eigenvalue weighted by Crippen LogP contribution is -2.22. The third kappa shape index (κ3) is 2.56. The summed E-state index contributed by atoms with van der Waals surface area (Å²) in [6.45, 7) is 0. The van der Waals surface area contributed by atoms with Gasteiger partial charge in [-0.3, -0.25) is 4.98 Å². The molecule has 0 N–H and O–H groups in total. The Morgan fingerprint density at radius 1 is 0.939 bits per heavy atom. The third-order valence-electron chi connectivity index (χ3n) is 5.68. The van der Waals surface area contributed by atoms with Gasteiger partial charge < -0.3 is 13.6 Å². The second-order valence-corrected chi connectivity index (χ2v) is 7.56. The molecule has 1 unspecified atom stereocenters. The topological polar surface area (TPSA) is 109 Å². The van der Waals surface area contributed by atoms with Crippen LogP contribution >= 0.6 is 0 Å². The number of fused-ring (bicyclic) bond motifs is 6. The second-order valence-electron chi connectivity index (χ2n) is 7.56. The minimum Gasteiger partial charge on any atom is -0.468 e. The molecule has 0 aliphatic carbocycles. The molecule has 0 saturated heterocycles. The number of para-hydroxylation sites is 1. The van der Waals surface area contributed by atoms with E-state index in [9.17, 15) is 4.79 Å². The van der Waals surface area contributed by atoms with E-state index in [1.54, 1.807) is 41.2 Å². The summed E-state index contributed by atoms with van der Waals surface area (Å²) in [5.74, 6) is 1.06. The first-order valence-corrected chi connectivity index (χ1v) is 10.2. The van der Waals surface area contributed by atoms with Gasteiger partial charge in [0.15, 0.2) is 11.4 Å². The van der Waals surface area contributed by atoms with Crippen LogP contribution in [0.15, 0.2) is 87.0 Å². The van der Waals surface area contributed by atoms with Crippen LogP contribution in [0.25, 0.3) is 28.1 Å². The number of aromatic nitrogens is 5. The van der Waals surface area contributed by atoms with Gasteiger partial charge >= 0.3 is 5.63 Å². The van der Waals surface area contributed by atoms with E-state index < -0.39 is 11.5 Å². The number of benzene rings is 1. The van der Waals surface area contributed by atoms with Crippen LogP contribution in [0, 0.1) is 0 Å². The second kappa shape index (κ2) is 6.60. The molecular formula is C24H13N5O4. The van der Waals surface area contributed by atoms with E-state index in [1.165, 1.54) is 6.33 Å². The molecule has 0 saturated carbocycles. The van der Waals surface area contributed by atoms with Gasteiger partial charge in [-0.05, 0) is 36.4 Å². The maximum atomic E-state index is 13.2. The molecule has 9 heteroatoms. The summed E-state index contributed by atoms with van der Waals surface area (Å²) >= 11 is 0. The van der Waals surface area contributed by atoms with Crippen LogP contribution in [0.5, 0.6) is 11.6 Å². The highest BCUT2D eigenvalue weighted by Gasteiger charge is 2.39. The molecule has 5 aromatic heterocycles. The maximum absolute atomic E-state index is 13.2. The van der Waals surface area contributed by atoms with Crippen LogP contribution in [-0.4, -0.2) is 24.6 Å². The van der Waals surface area contributed by atoms with E-state index in [2.05, 4.69) is 15.1 Å². The Balaban J connectivity index is 1.56. The van der Waals surface area contributed by atoms with Gasteiger partial charge in [0.05, 0.1) is 28.7 Å². The van der Waals surface area contributed by atoms with E-state index in [0.717, 1.165) is 0 Å². The zero-order valence-electron chi connectivity index (χ0n) is 16.9. The van der Waals surface area contributed by atoms with Crippen LogP contribution in [0.1, 0.15) is 22.8 Å². The number of hydrogen-bond acceptors (Lipinski definition) is 8. The normalized spacial score (nSPS) is 14.7. The quantitative estimate of drug-likeness (QED) is 0.372. The van der Waals surface area contributed by atoms with Crippen molar-refractivity contribution in [2.75, 3.05) is 0 Å². The molecule has 7 rings (SSSR count). The van der Waals surface area contributed by atoms with Crippen molar-refractivity contribution in [3.05, 3.63) is 101 Å². The van der Waals surface area contributed by atoms with Gasteiger partial charge in [0, 0.05) is 6.20 Å². The lowest BCUT2D eigenvalue weighted by atomic mass is 9.88. The first-order chi connectivity index (χ1) is 16.3. The molecule has 0 radical (unpaired) electrons. The van der Waals surface area contributed by atoms with Crippen molar-refractivity contribution in [2.24, 2.45) is 0 Å². The Bertz CT molecular complexity index is 1720. The standard InChI is InChI=1S/C24H13N5O4/c30-24-18-17(16-9-5-11-31-16)19-22-27-21(14-7-3-4-10-25-14)28-29(22)12-26-23(19)33-20(18)13-6-1-2-8-15(13)32-24/h1-12,17H. The summed E-state index contributed by atoms with van der Waals surface area (Å²) < 4.78 is 19.2. The highest BCUT2D eigenvalue weighted by atomic mass is 16.5. The van der Waals surface area contributed by atoms with Crippen LogP contribution in [-0.2, 0) is 0 Å². The summed E-state index contributed by atoms with van der Waals surface area (Å²) in [4.78, 5) is 26.7. The SMILES string of the molecule is O=c1oc2ccccc2c2c1C(c1ccco1)c1c(ncn3nc(-c4ccccn4)nc13)O2. The van der Waals surface area contributed by atoms with Crippen LogP contribution in [0.4, 0.5) is 0 Å². The number of pyridine rings is 1. The first-order valence-electron chi connectivity index (χ1n) is 10.2. The first kappa shape index (κ1) is 17.8. The Morgan fingerprint density at radius 3 is 2.70 bits per heavy atom. The molecule has 1 aromatic carbocycles. The monoisotopic (exact) mass is 435 g/mol. The smallest absolute Gasteiger partial charge is 0.344 e. The van der Waals surface area contributed by atoms with Gasteiger partial charge in [0.2, 0.25) is 11.7 Å². The molecule has 0 bridgehead atoms. The van der Waals surface area contributed by atoms with Gasteiger partial charge in [-0.2, -0.15) is 0 Å². The molecule has 1 aliphatic heterocycles. The highest BCUT2D eigenvalue weighted by Crippen LogP contribution is 2.48. The number of furan rings is 1. The molecule has 6 heterocycles. The summed E-state index contributed by atoms with van der Waals surface area (Å²) in [6, 6.07) is 16.3. The molecule has 6 aromatic rings. The van der Waals surface area contributed by atoms with Crippen molar-refractivity contribution < 1.29 is 13.6 Å². The van der Waals surface area contributed by atoms with Crippen molar-refractivity contribution in [1.82, 2.24) is 24.6 Å². The molecule has 9 nitrogen and oxygen atoms in total. The van der Waals surface area contributed by atoms with E-state index >= 15 is 0 Å². The fraction of sp³-hybridized carbons (Fsp3) is 0.0417. The van der Waals surface area contributed by atoms with Crippen molar-refractivity contribution in [3.8, 4) is 23.1 Å². The van der Waals surface area contributed by atoms with Crippen LogP contribution < -0.4 is 10.4 Å². The molecule has 33 heavy (non-hydrogen) atoms. The van der Waals surface area contributed by atoms with Gasteiger partial charge in [-0.15, -0.1) is 5.10 Å². The molecule has 1 aliphatic rings. The molecule has 158 valence electrons. The minimum absolute atomic E-state index is 0.326. The fourth-order valence-corrected chi connectivity index (χ4v) is 4.27. The van der Waals surface area contributed by atoms with Crippen molar-refractivity contribution in [1.29, 1.82) is 0 Å². The molecule has 0 fully saturated rings. The Labute approximate surface area is 184 Å². The number of nitrogens with zero attached hydrogens (tertiary/aromatic N) is 5. The average molecular weight is 435 g/mol. The van der Waals surface area contributed by atoms with Crippen molar-refractivity contribution in [2.45, 2.75) is 5.92 Å². The zero-order valence-corrected chi connectivity index (χ0v) is 16.9. The van der Waals surface area contributed by atoms with Gasteiger partial charge in [0.25, 0.3) is 0 Å². The fourth-order valence-electron chi connectivity index (χ4n) is 4.27. The summed E-state index contributed by atoms with van der Waals surface area (Å²) in [5, 5.41) is 5.20. The molecule has 0 amide bonds. The maximum Gasteiger partial charge on any atom is 0.344 e. The summed E-state index contributed by atoms with van der Waals surface area (Å²) in [7, 11) is 0. The largest absolute Gasteiger partial charge is 0.468 e. The lowest BCUT2D eigenvalue weighted by Gasteiger charge is -2.25. The predicted molar refractivity (Wildman–Crippen MR) is 116 cm³/mol. The van der Waals surface area contributed by atoms with Crippen LogP contribution in [0.3, 0.4) is 0 Å². The Morgan fingerprint density at radius 2 is 1.85 bits per heavy atom. The van der Waals surface area contributed by atoms with Gasteiger partial charge in [-0.1, -0.05) is 18.2 Å². The van der Waals surface area contributed by atoms with Gasteiger partial charge in [-0.25, -0.2) is 19.3 Å². The van der Waals surface area contributed by atoms with E-state index in [0.29, 0.717) is 56.7 Å². The number of rotatable bonds is 2. The molecule has 1 atom stereocenters. The minimum atomic E-state index is -0.642. The zero-order chi connectivity index (χ0) is 21.9. The number of hydrogen-bond donors (Lipinski definition) is 0. The van der Waals surface area contributed by atoms with E-state index in [4.69, 9.17) is 18.6 Å². The third-order valence-corrected chi connectivity index (χ3v) is 5.68. The van der Waals surface area contributed by atoms with Crippen LogP contribution in [0.2, 0.25) is 0 Å². The Hall–Kier alpha value is -4.79. The number of ether oxygens (including phenoxy) is 1. The summed E-state index contributed by atoms with van der Waals surface area (Å²) in [5.41, 5.74) is 1.92. The van der Waals surface area contributed by atoms with E-state index in [1.807, 2.05) is 30.3 Å². The van der Waals surface area contributed by atoms with Crippen molar-refractivity contribution >= 4 is 16.6 Å². The molecular weight excluding hydrogens is 422 g/mol. The highest BCUT2D eigenvalue weighted by molar-refractivity contribution is 5.86. The van der Waals surface area contributed by atoms with E-state index in [-0.39, 0.29) is 0 Å². The van der Waals surface area contributed by atoms with Crippen molar-refractivity contribution in [3.63, 3.8) is 0 Å². The summed E-state index contributed by atoms with van der Waals surface area (Å²) in [6.07, 6.45) is 4.77.